The zero-order valence-corrected chi connectivity index (χ0v) is 8.52. The van der Waals surface area contributed by atoms with E-state index in [0.717, 1.165) is 0 Å². The van der Waals surface area contributed by atoms with Gasteiger partial charge in [0.15, 0.2) is 5.01 Å². The number of thiazole rings is 1. The normalized spacial score (nSPS) is 9.00. The summed E-state index contributed by atoms with van der Waals surface area (Å²) < 4.78 is 0. The second kappa shape index (κ2) is 5.37. The molecule has 0 spiro atoms. The molecule has 1 heterocycles. The zero-order chi connectivity index (χ0) is 10.4. The Labute approximate surface area is 86.0 Å². The molecule has 0 saturated heterocycles. The molecule has 14 heavy (non-hydrogen) atoms. The molecule has 0 bridgehead atoms. The SMILES string of the molecule is CC(=O)NCC#Cc1nc(CO)cs1. The Morgan fingerprint density at radius 3 is 3.14 bits per heavy atom. The Hall–Kier alpha value is -1.38. The summed E-state index contributed by atoms with van der Waals surface area (Å²) in [7, 11) is 0. The third-order valence-electron chi connectivity index (χ3n) is 1.33. The first-order chi connectivity index (χ1) is 6.72. The van der Waals surface area contributed by atoms with Gasteiger partial charge in [-0.3, -0.25) is 4.79 Å². The molecule has 0 saturated carbocycles. The van der Waals surface area contributed by atoms with E-state index in [2.05, 4.69) is 22.1 Å². The van der Waals surface area contributed by atoms with E-state index in [0.29, 0.717) is 17.2 Å². The number of nitrogens with one attached hydrogen (secondary N) is 1. The molecule has 1 rings (SSSR count). The highest BCUT2D eigenvalue weighted by Crippen LogP contribution is 2.07. The molecule has 0 fully saturated rings. The second-order valence-electron chi connectivity index (χ2n) is 2.51. The number of amides is 1. The standard InChI is InChI=1S/C9H10N2O2S/c1-7(13)10-4-2-3-9-11-8(5-12)6-14-9/h6,12H,4-5H2,1H3,(H,10,13). The fourth-order valence-electron chi connectivity index (χ4n) is 0.725. The summed E-state index contributed by atoms with van der Waals surface area (Å²) >= 11 is 1.38. The van der Waals surface area contributed by atoms with Crippen molar-refractivity contribution >= 4 is 17.2 Å². The number of carbonyl (C=O) groups is 1. The third-order valence-corrected chi connectivity index (χ3v) is 2.14. The van der Waals surface area contributed by atoms with Gasteiger partial charge in [0.05, 0.1) is 18.8 Å². The van der Waals surface area contributed by atoms with Crippen LogP contribution in [0.15, 0.2) is 5.38 Å². The molecular weight excluding hydrogens is 200 g/mol. The Morgan fingerprint density at radius 1 is 1.79 bits per heavy atom. The van der Waals surface area contributed by atoms with E-state index in [1.807, 2.05) is 0 Å². The highest BCUT2D eigenvalue weighted by Gasteiger charge is 1.95. The van der Waals surface area contributed by atoms with Crippen LogP contribution in [0.4, 0.5) is 0 Å². The van der Waals surface area contributed by atoms with Crippen LogP contribution in [0.3, 0.4) is 0 Å². The van der Waals surface area contributed by atoms with Crippen LogP contribution in [0, 0.1) is 11.8 Å². The van der Waals surface area contributed by atoms with Crippen LogP contribution < -0.4 is 5.32 Å². The summed E-state index contributed by atoms with van der Waals surface area (Å²) in [6.45, 7) is 1.70. The van der Waals surface area contributed by atoms with Crippen LogP contribution in [-0.4, -0.2) is 22.5 Å². The Bertz CT molecular complexity index is 376. The largest absolute Gasteiger partial charge is 0.390 e. The van der Waals surface area contributed by atoms with Crippen LogP contribution in [0.1, 0.15) is 17.6 Å². The number of aliphatic hydroxyl groups excluding tert-OH is 1. The summed E-state index contributed by atoms with van der Waals surface area (Å²) in [5.41, 5.74) is 0.624. The molecule has 0 atom stereocenters. The first kappa shape index (κ1) is 10.7. The van der Waals surface area contributed by atoms with Gasteiger partial charge in [0.1, 0.15) is 0 Å². The van der Waals surface area contributed by atoms with Crippen molar-refractivity contribution in [1.29, 1.82) is 0 Å². The first-order valence-electron chi connectivity index (χ1n) is 4.01. The van der Waals surface area contributed by atoms with E-state index in [1.165, 1.54) is 18.3 Å². The van der Waals surface area contributed by atoms with Gasteiger partial charge in [0.25, 0.3) is 0 Å². The number of nitrogens with zero attached hydrogens (tertiary/aromatic N) is 1. The van der Waals surface area contributed by atoms with Gasteiger partial charge in [-0.25, -0.2) is 4.98 Å². The van der Waals surface area contributed by atoms with E-state index in [-0.39, 0.29) is 12.5 Å². The maximum absolute atomic E-state index is 10.5. The molecule has 4 nitrogen and oxygen atoms in total. The van der Waals surface area contributed by atoms with Gasteiger partial charge in [0.2, 0.25) is 5.91 Å². The minimum absolute atomic E-state index is 0.0656. The molecule has 74 valence electrons. The molecule has 0 aromatic carbocycles. The van der Waals surface area contributed by atoms with Gasteiger partial charge in [0, 0.05) is 12.3 Å². The van der Waals surface area contributed by atoms with Gasteiger partial charge in [-0.1, -0.05) is 5.92 Å². The maximum Gasteiger partial charge on any atom is 0.217 e. The van der Waals surface area contributed by atoms with Crippen LogP contribution in [-0.2, 0) is 11.4 Å². The minimum Gasteiger partial charge on any atom is -0.390 e. The quantitative estimate of drug-likeness (QED) is 0.682. The van der Waals surface area contributed by atoms with Crippen LogP contribution in [0.2, 0.25) is 0 Å². The molecular formula is C9H10N2O2S. The monoisotopic (exact) mass is 210 g/mol. The topological polar surface area (TPSA) is 62.2 Å². The Balaban J connectivity index is 2.46. The van der Waals surface area contributed by atoms with Crippen molar-refractivity contribution in [1.82, 2.24) is 10.3 Å². The lowest BCUT2D eigenvalue weighted by Crippen LogP contribution is -2.19. The second-order valence-corrected chi connectivity index (χ2v) is 3.37. The van der Waals surface area contributed by atoms with Gasteiger partial charge in [-0.05, 0) is 5.92 Å². The highest BCUT2D eigenvalue weighted by atomic mass is 32.1. The Morgan fingerprint density at radius 2 is 2.57 bits per heavy atom. The number of aromatic nitrogens is 1. The first-order valence-corrected chi connectivity index (χ1v) is 4.89. The summed E-state index contributed by atoms with van der Waals surface area (Å²) in [6, 6.07) is 0. The molecule has 0 aliphatic carbocycles. The smallest absolute Gasteiger partial charge is 0.217 e. The summed E-state index contributed by atoms with van der Waals surface area (Å²) in [5, 5.41) is 13.7. The van der Waals surface area contributed by atoms with Gasteiger partial charge < -0.3 is 10.4 Å². The van der Waals surface area contributed by atoms with Crippen molar-refractivity contribution < 1.29 is 9.90 Å². The highest BCUT2D eigenvalue weighted by molar-refractivity contribution is 7.10. The molecule has 0 aliphatic heterocycles. The van der Waals surface area contributed by atoms with E-state index >= 15 is 0 Å². The molecule has 1 aromatic heterocycles. The number of carbonyl (C=O) groups excluding carboxylic acids is 1. The van der Waals surface area contributed by atoms with Crippen molar-refractivity contribution in [2.24, 2.45) is 0 Å². The fourth-order valence-corrected chi connectivity index (χ4v) is 1.40. The molecule has 1 amide bonds. The van der Waals surface area contributed by atoms with Crippen molar-refractivity contribution in [3.8, 4) is 11.8 Å². The van der Waals surface area contributed by atoms with Crippen molar-refractivity contribution in [3.05, 3.63) is 16.1 Å². The lowest BCUT2D eigenvalue weighted by molar-refractivity contribution is -0.118. The average molecular weight is 210 g/mol. The number of rotatable bonds is 2. The zero-order valence-electron chi connectivity index (χ0n) is 7.70. The van der Waals surface area contributed by atoms with Crippen molar-refractivity contribution in [2.75, 3.05) is 6.54 Å². The predicted molar refractivity (Wildman–Crippen MR) is 53.6 cm³/mol. The lowest BCUT2D eigenvalue weighted by Gasteiger charge is -1.90. The van der Waals surface area contributed by atoms with E-state index in [9.17, 15) is 4.79 Å². The molecule has 1 aromatic rings. The summed E-state index contributed by atoms with van der Waals surface area (Å²) in [5.74, 6) is 5.44. The van der Waals surface area contributed by atoms with Gasteiger partial charge >= 0.3 is 0 Å². The van der Waals surface area contributed by atoms with Crippen molar-refractivity contribution in [2.45, 2.75) is 13.5 Å². The van der Waals surface area contributed by atoms with Gasteiger partial charge in [-0.15, -0.1) is 11.3 Å². The van der Waals surface area contributed by atoms with E-state index < -0.39 is 0 Å². The lowest BCUT2D eigenvalue weighted by atomic mass is 10.5. The molecule has 2 N–H and O–H groups in total. The van der Waals surface area contributed by atoms with Gasteiger partial charge in [-0.2, -0.15) is 0 Å². The average Bonchev–Trinajstić information content (AvgIpc) is 2.60. The van der Waals surface area contributed by atoms with E-state index in [1.54, 1.807) is 5.38 Å². The van der Waals surface area contributed by atoms with Crippen molar-refractivity contribution in [3.63, 3.8) is 0 Å². The van der Waals surface area contributed by atoms with Crippen LogP contribution in [0.5, 0.6) is 0 Å². The molecule has 0 radical (unpaired) electrons. The summed E-state index contributed by atoms with van der Waals surface area (Å²) in [6.07, 6.45) is 0. The number of aliphatic hydroxyl groups is 1. The summed E-state index contributed by atoms with van der Waals surface area (Å²) in [4.78, 5) is 14.5. The predicted octanol–water partition coefficient (Wildman–Crippen LogP) is 0.123. The third kappa shape index (κ3) is 3.56. The number of hydrogen-bond donors (Lipinski definition) is 2. The number of hydrogen-bond acceptors (Lipinski definition) is 4. The van der Waals surface area contributed by atoms with Crippen LogP contribution >= 0.6 is 11.3 Å². The molecule has 0 aliphatic rings. The van der Waals surface area contributed by atoms with E-state index in [4.69, 9.17) is 5.11 Å². The molecule has 5 heteroatoms. The minimum atomic E-state index is -0.102. The maximum atomic E-state index is 10.5. The van der Waals surface area contributed by atoms with Crippen LogP contribution in [0.25, 0.3) is 0 Å². The fraction of sp³-hybridized carbons (Fsp3) is 0.333. The Kier molecular flexibility index (Phi) is 4.11. The molecule has 0 unspecified atom stereocenters.